The molecule has 146 valence electrons. The summed E-state index contributed by atoms with van der Waals surface area (Å²) in [6.07, 6.45) is 0. The van der Waals surface area contributed by atoms with E-state index in [1.807, 2.05) is 0 Å². The Morgan fingerprint density at radius 3 is 1.40 bits per heavy atom. The molecule has 0 aromatic heterocycles. The van der Waals surface area contributed by atoms with Gasteiger partial charge in [-0.1, -0.05) is 78.6 Å². The molecule has 0 saturated carbocycles. The van der Waals surface area contributed by atoms with Crippen LogP contribution in [0.3, 0.4) is 0 Å². The quantitative estimate of drug-likeness (QED) is 0.117. The van der Waals surface area contributed by atoms with Crippen LogP contribution in [0.15, 0.2) is 9.40 Å². The van der Waals surface area contributed by atoms with Gasteiger partial charge in [0.15, 0.2) is 27.7 Å². The first kappa shape index (κ1) is 25.9. The van der Waals surface area contributed by atoms with Crippen LogP contribution in [-0.2, 0) is 0 Å². The smallest absolute Gasteiger partial charge is 0.282 e. The molecule has 0 N–H and O–H groups in total. The number of rotatable bonds is 8. The van der Waals surface area contributed by atoms with Gasteiger partial charge in [-0.05, 0) is 10.0 Å². The Kier molecular flexibility index (Phi) is 8.83. The zero-order valence-corrected chi connectivity index (χ0v) is 24.5. The first-order valence-corrected chi connectivity index (χ1v) is 25.6. The van der Waals surface area contributed by atoms with Gasteiger partial charge in [-0.25, -0.2) is 0 Å². The van der Waals surface area contributed by atoms with Gasteiger partial charge < -0.3 is 0 Å². The molecule has 1 unspecified atom stereocenters. The van der Waals surface area contributed by atoms with Gasteiger partial charge in [0.05, 0.1) is 0 Å². The predicted octanol–water partition coefficient (Wildman–Crippen LogP) is 8.20. The fourth-order valence-corrected chi connectivity index (χ4v) is 35.1. The zero-order chi connectivity index (χ0) is 20.5. The Morgan fingerprint density at radius 1 is 0.800 bits per heavy atom. The van der Waals surface area contributed by atoms with E-state index in [0.29, 0.717) is 0 Å². The largest absolute Gasteiger partial charge is 0.404 e. The minimum absolute atomic E-state index is 0.878. The van der Waals surface area contributed by atoms with E-state index >= 15 is 0 Å². The molecule has 0 aliphatic rings. The normalized spacial score (nSPS) is 17.1. The van der Waals surface area contributed by atoms with Crippen LogP contribution in [0, 0.1) is 0 Å². The number of azide groups is 1. The maximum atomic E-state index is 9.21. The van der Waals surface area contributed by atoms with Crippen molar-refractivity contribution in [3.8, 4) is 0 Å². The summed E-state index contributed by atoms with van der Waals surface area (Å²) in [5.41, 5.74) is 9.21. The van der Waals surface area contributed by atoms with Crippen molar-refractivity contribution in [2.45, 2.75) is 78.6 Å². The highest BCUT2D eigenvalue weighted by molar-refractivity contribution is 7.98. The van der Waals surface area contributed by atoms with E-state index < -0.39 is 40.0 Å². The van der Waals surface area contributed by atoms with Gasteiger partial charge in [0.25, 0.3) is 0 Å². The van der Waals surface area contributed by atoms with Crippen LogP contribution < -0.4 is 0 Å². The van der Waals surface area contributed by atoms with E-state index in [4.69, 9.17) is 15.8 Å². The van der Waals surface area contributed by atoms with Gasteiger partial charge in [0.2, 0.25) is 0 Å². The number of hydrogen-bond acceptors (Lipinski definition) is 3. The van der Waals surface area contributed by atoms with Crippen LogP contribution in [0.1, 0.15) is 0 Å². The van der Waals surface area contributed by atoms with Gasteiger partial charge in [-0.15, -0.1) is 0 Å². The molecule has 1 atom stereocenters. The standard InChI is InChI=1S/C12H36ClN6P2Si4/c1-22(2,3)18(23(4,5)6)20-17-21(13,16-15-14)19(24(7,8)9)25(10,11)12/h1-12H3/q+1. The number of nitrogens with zero attached hydrogens (tertiary/aromatic N) is 6. The van der Waals surface area contributed by atoms with Crippen LogP contribution >= 0.6 is 26.8 Å². The topological polar surface area (TPSA) is 67.6 Å². The molecule has 0 radical (unpaired) electrons. The first-order chi connectivity index (χ1) is 10.8. The van der Waals surface area contributed by atoms with Crippen molar-refractivity contribution < 1.29 is 0 Å². The van der Waals surface area contributed by atoms with Crippen molar-refractivity contribution >= 4 is 59.8 Å². The number of halogens is 1. The van der Waals surface area contributed by atoms with Crippen molar-refractivity contribution in [2.75, 3.05) is 0 Å². The van der Waals surface area contributed by atoms with E-state index in [1.165, 1.54) is 0 Å². The van der Waals surface area contributed by atoms with E-state index in [1.54, 1.807) is 0 Å². The maximum Gasteiger partial charge on any atom is 0.404 e. The van der Waals surface area contributed by atoms with Crippen molar-refractivity contribution in [3.63, 3.8) is 0 Å². The second-order valence-corrected chi connectivity index (χ2v) is 35.9. The first-order valence-electron chi connectivity index (χ1n) is 8.46. The third-order valence-corrected chi connectivity index (χ3v) is 30.0. The van der Waals surface area contributed by atoms with Gasteiger partial charge >= 0.3 is 7.07 Å². The summed E-state index contributed by atoms with van der Waals surface area (Å²) in [6.45, 7) is 27.6. The van der Waals surface area contributed by atoms with E-state index in [9.17, 15) is 5.53 Å². The molecule has 0 aliphatic heterocycles. The molecule has 6 nitrogen and oxygen atoms in total. The second kappa shape index (κ2) is 8.51. The molecule has 0 heterocycles. The molecule has 0 aromatic carbocycles. The Morgan fingerprint density at radius 2 is 1.16 bits per heavy atom. The van der Waals surface area contributed by atoms with Gasteiger partial charge in [-0.3, -0.25) is 4.00 Å². The molecule has 0 saturated heterocycles. The summed E-state index contributed by atoms with van der Waals surface area (Å²) in [5, 5.41) is 0. The van der Waals surface area contributed by atoms with Crippen LogP contribution in [0.5, 0.6) is 0 Å². The van der Waals surface area contributed by atoms with Crippen molar-refractivity contribution in [3.05, 3.63) is 10.4 Å². The van der Waals surface area contributed by atoms with Crippen molar-refractivity contribution in [2.24, 2.45) is 9.40 Å². The maximum absolute atomic E-state index is 9.21. The molecule has 0 aliphatic carbocycles. The van der Waals surface area contributed by atoms with Crippen LogP contribution in [0.2, 0.25) is 78.6 Å². The molecule has 13 heteroatoms. The summed E-state index contributed by atoms with van der Waals surface area (Å²) in [5.74, 6) is 0. The van der Waals surface area contributed by atoms with Gasteiger partial charge in [0, 0.05) is 4.91 Å². The fraction of sp³-hybridized carbons (Fsp3) is 1.00. The molecule has 0 rings (SSSR count). The highest BCUT2D eigenvalue weighted by atomic mass is 35.7. The fourth-order valence-electron chi connectivity index (χ4n) is 3.28. The predicted molar refractivity (Wildman–Crippen MR) is 128 cm³/mol. The van der Waals surface area contributed by atoms with Crippen LogP contribution in [0.4, 0.5) is 0 Å². The highest BCUT2D eigenvalue weighted by Crippen LogP contribution is 2.74. The van der Waals surface area contributed by atoms with E-state index in [-0.39, 0.29) is 0 Å². The summed E-state index contributed by atoms with van der Waals surface area (Å²) in [7, 11) is -8.60. The molecule has 0 aromatic rings. The molecule has 0 amide bonds. The SMILES string of the molecule is C[Si](C)(C)N(P=N[P+](Cl)(N=[N+]=[N-])N([Si](C)(C)C)[Si](C)(C)C)[Si](C)(C)C. The van der Waals surface area contributed by atoms with E-state index in [2.05, 4.69) is 96.4 Å². The summed E-state index contributed by atoms with van der Waals surface area (Å²) in [6, 6.07) is 0. The highest BCUT2D eigenvalue weighted by Gasteiger charge is 2.57. The monoisotopic (exact) mass is 473 g/mol. The molecule has 25 heavy (non-hydrogen) atoms. The summed E-state index contributed by atoms with van der Waals surface area (Å²) in [4.78, 5) is 7.22. The van der Waals surface area contributed by atoms with Crippen molar-refractivity contribution in [1.29, 1.82) is 0 Å². The lowest BCUT2D eigenvalue weighted by Crippen LogP contribution is -2.56. The van der Waals surface area contributed by atoms with Crippen LogP contribution in [0.25, 0.3) is 10.4 Å². The Labute approximate surface area is 165 Å². The molecule has 0 spiro atoms. The third-order valence-electron chi connectivity index (χ3n) is 3.19. The lowest BCUT2D eigenvalue weighted by molar-refractivity contribution is 0.952. The average molecular weight is 474 g/mol. The summed E-state index contributed by atoms with van der Waals surface area (Å²) >= 11 is 7.04. The Bertz CT molecular complexity index is 518. The molecule has 0 bridgehead atoms. The lowest BCUT2D eigenvalue weighted by Gasteiger charge is -2.42. The van der Waals surface area contributed by atoms with Crippen LogP contribution in [-0.4, -0.2) is 40.9 Å². The molecular weight excluding hydrogens is 438 g/mol. The van der Waals surface area contributed by atoms with Crippen molar-refractivity contribution in [1.82, 2.24) is 8.00 Å². The van der Waals surface area contributed by atoms with Gasteiger partial charge in [-0.2, -0.15) is 4.00 Å². The van der Waals surface area contributed by atoms with E-state index in [0.717, 1.165) is 8.52 Å². The summed E-state index contributed by atoms with van der Waals surface area (Å²) < 4.78 is 9.85. The lowest BCUT2D eigenvalue weighted by atomic mass is 11.8. The molecule has 0 fully saturated rings. The number of hydrogen-bond donors (Lipinski definition) is 0. The minimum Gasteiger partial charge on any atom is -0.282 e. The molecular formula is C12H36ClN6P2Si4+. The minimum atomic E-state index is -2.76. The Balaban J connectivity index is 6.32. The van der Waals surface area contributed by atoms with Gasteiger partial charge in [0.1, 0.15) is 29.9 Å². The zero-order valence-electron chi connectivity index (χ0n) is 18.0. The third kappa shape index (κ3) is 7.82. The second-order valence-electron chi connectivity index (χ2n) is 10.2. The average Bonchev–Trinajstić information content (AvgIpc) is 2.19. The Hall–Kier alpha value is 0.918.